The number of hydrogen-bond acceptors (Lipinski definition) is 4. The lowest BCUT2D eigenvalue weighted by atomic mass is 10.1. The van der Waals surface area contributed by atoms with Crippen molar-refractivity contribution in [1.29, 1.82) is 0 Å². The van der Waals surface area contributed by atoms with E-state index in [1.54, 1.807) is 6.92 Å². The molecule has 0 aliphatic rings. The van der Waals surface area contributed by atoms with Crippen LogP contribution in [0, 0.1) is 0 Å². The third-order valence-corrected chi connectivity index (χ3v) is 2.76. The lowest BCUT2D eigenvalue weighted by molar-refractivity contribution is -0.144. The highest BCUT2D eigenvalue weighted by Crippen LogP contribution is 2.19. The van der Waals surface area contributed by atoms with E-state index in [4.69, 9.17) is 9.15 Å². The van der Waals surface area contributed by atoms with Crippen molar-refractivity contribution >= 4 is 22.7 Å². The molecule has 0 atom stereocenters. The molecule has 0 fully saturated rings. The van der Waals surface area contributed by atoms with Crippen LogP contribution in [0.25, 0.3) is 11.0 Å². The number of carbonyl (C=O) groups excluding carboxylic acids is 2. The van der Waals surface area contributed by atoms with Gasteiger partial charge in [0.2, 0.25) is 0 Å². The highest BCUT2D eigenvalue weighted by Gasteiger charge is 2.11. The Hall–Kier alpha value is -2.10. The fraction of sp³-hybridized carbons (Fsp3) is 0.333. The van der Waals surface area contributed by atoms with Gasteiger partial charge in [0.15, 0.2) is 0 Å². The van der Waals surface area contributed by atoms with E-state index >= 15 is 0 Å². The third-order valence-electron chi connectivity index (χ3n) is 2.76. The first-order valence-corrected chi connectivity index (χ1v) is 6.34. The maximum Gasteiger partial charge on any atom is 0.306 e. The Morgan fingerprint density at radius 2 is 2.00 bits per heavy atom. The summed E-state index contributed by atoms with van der Waals surface area (Å²) in [6.07, 6.45) is 0.539. The van der Waals surface area contributed by atoms with E-state index in [0.29, 0.717) is 12.4 Å². The number of furan rings is 1. The van der Waals surface area contributed by atoms with Gasteiger partial charge in [0.05, 0.1) is 19.4 Å². The van der Waals surface area contributed by atoms with Gasteiger partial charge in [-0.25, -0.2) is 0 Å². The fourth-order valence-electron chi connectivity index (χ4n) is 1.88. The highest BCUT2D eigenvalue weighted by atomic mass is 16.5. The number of carbonyl (C=O) groups is 2. The lowest BCUT2D eigenvalue weighted by Gasteiger charge is -2.00. The molecule has 1 heterocycles. The van der Waals surface area contributed by atoms with Crippen molar-refractivity contribution in [3.05, 3.63) is 36.1 Å². The van der Waals surface area contributed by atoms with E-state index in [9.17, 15) is 9.59 Å². The molecular formula is C15H16O4. The van der Waals surface area contributed by atoms with Crippen molar-refractivity contribution in [3.63, 3.8) is 0 Å². The number of rotatable bonds is 6. The van der Waals surface area contributed by atoms with Gasteiger partial charge >= 0.3 is 5.97 Å². The molecule has 0 radical (unpaired) electrons. The molecule has 0 N–H and O–H groups in total. The Kier molecular flexibility index (Phi) is 4.34. The zero-order chi connectivity index (χ0) is 13.7. The van der Waals surface area contributed by atoms with Gasteiger partial charge in [-0.3, -0.25) is 9.59 Å². The molecule has 0 saturated carbocycles. The molecule has 0 bridgehead atoms. The molecule has 0 unspecified atom stereocenters. The molecule has 100 valence electrons. The molecule has 2 rings (SSSR count). The average Bonchev–Trinajstić information content (AvgIpc) is 2.78. The van der Waals surface area contributed by atoms with Crippen LogP contribution < -0.4 is 0 Å². The van der Waals surface area contributed by atoms with Crippen LogP contribution in [0.4, 0.5) is 0 Å². The van der Waals surface area contributed by atoms with Crippen LogP contribution in [0.15, 0.2) is 34.7 Å². The fourth-order valence-corrected chi connectivity index (χ4v) is 1.88. The molecule has 19 heavy (non-hydrogen) atoms. The summed E-state index contributed by atoms with van der Waals surface area (Å²) in [6, 6.07) is 9.47. The summed E-state index contributed by atoms with van der Waals surface area (Å²) in [5.41, 5.74) is 0.774. The smallest absolute Gasteiger partial charge is 0.306 e. The van der Waals surface area contributed by atoms with Gasteiger partial charge in [-0.2, -0.15) is 0 Å². The zero-order valence-electron chi connectivity index (χ0n) is 10.8. The average molecular weight is 260 g/mol. The first kappa shape index (κ1) is 13.3. The summed E-state index contributed by atoms with van der Waals surface area (Å²) in [6.45, 7) is 2.09. The summed E-state index contributed by atoms with van der Waals surface area (Å²) in [7, 11) is 0. The Balaban J connectivity index is 1.90. The number of ketones is 1. The second-order valence-electron chi connectivity index (χ2n) is 4.27. The summed E-state index contributed by atoms with van der Waals surface area (Å²) in [5, 5.41) is 0.982. The molecule has 1 aromatic carbocycles. The molecule has 2 aromatic rings. The van der Waals surface area contributed by atoms with Crippen molar-refractivity contribution in [2.45, 2.75) is 26.2 Å². The molecule has 1 aromatic heterocycles. The Morgan fingerprint density at radius 1 is 1.21 bits per heavy atom. The number of ether oxygens (including phenoxy) is 1. The Bertz CT molecular complexity index is 550. The normalized spacial score (nSPS) is 10.6. The van der Waals surface area contributed by atoms with E-state index < -0.39 is 0 Å². The Labute approximate surface area is 111 Å². The van der Waals surface area contributed by atoms with Crippen molar-refractivity contribution in [1.82, 2.24) is 0 Å². The van der Waals surface area contributed by atoms with Gasteiger partial charge in [-0.15, -0.1) is 0 Å². The topological polar surface area (TPSA) is 56.5 Å². The minimum atomic E-state index is -0.333. The van der Waals surface area contributed by atoms with Gasteiger partial charge < -0.3 is 9.15 Å². The predicted octanol–water partition coefficient (Wildman–Crippen LogP) is 2.89. The molecular weight excluding hydrogens is 244 g/mol. The molecule has 4 nitrogen and oxygen atoms in total. The van der Waals surface area contributed by atoms with E-state index in [0.717, 1.165) is 11.0 Å². The third kappa shape index (κ3) is 3.68. The number of fused-ring (bicyclic) bond motifs is 1. The first-order valence-electron chi connectivity index (χ1n) is 6.34. The molecule has 0 aliphatic heterocycles. The first-order chi connectivity index (χ1) is 9.19. The van der Waals surface area contributed by atoms with Crippen LogP contribution in [0.1, 0.15) is 25.5 Å². The van der Waals surface area contributed by atoms with E-state index in [1.807, 2.05) is 30.3 Å². The molecule has 0 aliphatic carbocycles. The van der Waals surface area contributed by atoms with Crippen molar-refractivity contribution in [2.24, 2.45) is 0 Å². The lowest BCUT2D eigenvalue weighted by Crippen LogP contribution is -2.09. The molecule has 0 amide bonds. The summed E-state index contributed by atoms with van der Waals surface area (Å²) >= 11 is 0. The summed E-state index contributed by atoms with van der Waals surface area (Å²) < 4.78 is 10.3. The van der Waals surface area contributed by atoms with Gasteiger partial charge in [-0.1, -0.05) is 18.2 Å². The largest absolute Gasteiger partial charge is 0.466 e. The monoisotopic (exact) mass is 260 g/mol. The van der Waals surface area contributed by atoms with Crippen LogP contribution >= 0.6 is 0 Å². The number of benzene rings is 1. The number of esters is 1. The van der Waals surface area contributed by atoms with Crippen LogP contribution in [0.3, 0.4) is 0 Å². The van der Waals surface area contributed by atoms with Crippen LogP contribution in [-0.2, 0) is 20.7 Å². The van der Waals surface area contributed by atoms with E-state index in [-0.39, 0.29) is 31.0 Å². The zero-order valence-corrected chi connectivity index (χ0v) is 10.8. The van der Waals surface area contributed by atoms with E-state index in [2.05, 4.69) is 0 Å². The van der Waals surface area contributed by atoms with Gasteiger partial charge in [0.1, 0.15) is 17.1 Å². The number of Topliss-reactive ketones (excluding diaryl/α,β-unsaturated/α-hetero) is 1. The Morgan fingerprint density at radius 3 is 2.74 bits per heavy atom. The van der Waals surface area contributed by atoms with Crippen LogP contribution in [0.5, 0.6) is 0 Å². The molecule has 0 saturated heterocycles. The van der Waals surface area contributed by atoms with Crippen LogP contribution in [0.2, 0.25) is 0 Å². The molecule has 4 heteroatoms. The standard InChI is InChI=1S/C15H16O4/c1-2-18-15(17)8-7-12(16)10-13-9-11-5-3-4-6-14(11)19-13/h3-6,9H,2,7-8,10H2,1H3. The molecule has 0 spiro atoms. The predicted molar refractivity (Wildman–Crippen MR) is 70.8 cm³/mol. The second-order valence-corrected chi connectivity index (χ2v) is 4.27. The quantitative estimate of drug-likeness (QED) is 0.749. The van der Waals surface area contributed by atoms with Crippen molar-refractivity contribution in [3.8, 4) is 0 Å². The maximum absolute atomic E-state index is 11.7. The second kappa shape index (κ2) is 6.18. The van der Waals surface area contributed by atoms with Crippen molar-refractivity contribution in [2.75, 3.05) is 6.61 Å². The number of para-hydroxylation sites is 1. The van der Waals surface area contributed by atoms with Gasteiger partial charge in [-0.05, 0) is 19.1 Å². The summed E-state index contributed by atoms with van der Waals surface area (Å²) in [4.78, 5) is 22.9. The van der Waals surface area contributed by atoms with Gasteiger partial charge in [0.25, 0.3) is 0 Å². The van der Waals surface area contributed by atoms with Crippen LogP contribution in [-0.4, -0.2) is 18.4 Å². The van der Waals surface area contributed by atoms with Gasteiger partial charge in [0, 0.05) is 11.8 Å². The summed E-state index contributed by atoms with van der Waals surface area (Å²) in [5.74, 6) is 0.280. The minimum Gasteiger partial charge on any atom is -0.466 e. The SMILES string of the molecule is CCOC(=O)CCC(=O)Cc1cc2ccccc2o1. The van der Waals surface area contributed by atoms with Crippen molar-refractivity contribution < 1.29 is 18.7 Å². The highest BCUT2D eigenvalue weighted by molar-refractivity contribution is 5.85. The number of hydrogen-bond donors (Lipinski definition) is 0. The van der Waals surface area contributed by atoms with E-state index in [1.165, 1.54) is 0 Å². The maximum atomic E-state index is 11.7. The minimum absolute atomic E-state index is 0.0212.